The zero-order valence-corrected chi connectivity index (χ0v) is 11.6. The smallest absolute Gasteiger partial charge is 0.220 e. The molecule has 1 fully saturated rings. The van der Waals surface area contributed by atoms with Crippen LogP contribution in [0, 0.1) is 11.6 Å². The molecule has 1 saturated heterocycles. The van der Waals surface area contributed by atoms with Gasteiger partial charge < -0.3 is 10.6 Å². The molecule has 4 nitrogen and oxygen atoms in total. The number of nitrogens with one attached hydrogen (secondary N) is 2. The molecule has 1 aliphatic heterocycles. The predicted octanol–water partition coefficient (Wildman–Crippen LogP) is 1.80. The van der Waals surface area contributed by atoms with E-state index in [4.69, 9.17) is 0 Å². The molecule has 0 unspecified atom stereocenters. The Morgan fingerprint density at radius 3 is 2.71 bits per heavy atom. The summed E-state index contributed by atoms with van der Waals surface area (Å²) in [5, 5.41) is 6.04. The Morgan fingerprint density at radius 2 is 2.05 bits per heavy atom. The molecule has 2 N–H and O–H groups in total. The number of hydrogen-bond acceptors (Lipinski definition) is 3. The van der Waals surface area contributed by atoms with Gasteiger partial charge in [0.05, 0.1) is 0 Å². The largest absolute Gasteiger partial charge is 0.352 e. The molecule has 0 saturated carbocycles. The van der Waals surface area contributed by atoms with Crippen molar-refractivity contribution in [2.75, 3.05) is 13.1 Å². The van der Waals surface area contributed by atoms with Crippen LogP contribution in [0.3, 0.4) is 0 Å². The van der Waals surface area contributed by atoms with Gasteiger partial charge in [-0.25, -0.2) is 8.78 Å². The Morgan fingerprint density at radius 1 is 1.24 bits per heavy atom. The highest BCUT2D eigenvalue weighted by Crippen LogP contribution is 2.11. The minimum Gasteiger partial charge on any atom is -0.352 e. The molecule has 21 heavy (non-hydrogen) atoms. The van der Waals surface area contributed by atoms with Crippen molar-refractivity contribution in [3.63, 3.8) is 0 Å². The Bertz CT molecular complexity index is 528. The van der Waals surface area contributed by atoms with E-state index in [0.717, 1.165) is 38.1 Å². The summed E-state index contributed by atoms with van der Waals surface area (Å²) in [4.78, 5) is 23.6. The Labute approximate surface area is 121 Å². The maximum absolute atomic E-state index is 13.0. The number of rotatable bonds is 5. The highest BCUT2D eigenvalue weighted by Gasteiger charge is 2.16. The maximum Gasteiger partial charge on any atom is 0.220 e. The molecule has 1 heterocycles. The van der Waals surface area contributed by atoms with Gasteiger partial charge in [0, 0.05) is 31.0 Å². The zero-order chi connectivity index (χ0) is 15.2. The molecular weight excluding hydrogens is 278 g/mol. The van der Waals surface area contributed by atoms with Crippen molar-refractivity contribution in [2.24, 2.45) is 0 Å². The van der Waals surface area contributed by atoms with Gasteiger partial charge in [0.15, 0.2) is 17.4 Å². The molecule has 1 amide bonds. The van der Waals surface area contributed by atoms with E-state index in [-0.39, 0.29) is 36.1 Å². The van der Waals surface area contributed by atoms with Crippen molar-refractivity contribution in [1.29, 1.82) is 0 Å². The average molecular weight is 296 g/mol. The van der Waals surface area contributed by atoms with E-state index in [0.29, 0.717) is 0 Å². The summed E-state index contributed by atoms with van der Waals surface area (Å²) in [5.41, 5.74) is 0.0843. The standard InChI is InChI=1S/C15H18F2N2O2/c16-12-4-3-10(8-13(12)17)14(20)5-6-15(21)19-11-2-1-7-18-9-11/h3-4,8,11,18H,1-2,5-7,9H2,(H,19,21)/t11-/m0/s1. The van der Waals surface area contributed by atoms with Crippen LogP contribution >= 0.6 is 0 Å². The van der Waals surface area contributed by atoms with E-state index in [1.165, 1.54) is 6.07 Å². The van der Waals surface area contributed by atoms with Crippen molar-refractivity contribution >= 4 is 11.7 Å². The molecule has 2 rings (SSSR count). The number of carbonyl (C=O) groups is 2. The summed E-state index contributed by atoms with van der Waals surface area (Å²) < 4.78 is 25.8. The number of Topliss-reactive ketones (excluding diaryl/α,β-unsaturated/α-hetero) is 1. The summed E-state index contributed by atoms with van der Waals surface area (Å²) in [6.07, 6.45) is 1.97. The lowest BCUT2D eigenvalue weighted by Gasteiger charge is -2.23. The molecule has 1 aromatic carbocycles. The SMILES string of the molecule is O=C(CCC(=O)c1ccc(F)c(F)c1)N[C@H]1CCCNC1. The minimum absolute atomic E-state index is 0.0168. The predicted molar refractivity (Wildman–Crippen MR) is 74.0 cm³/mol. The van der Waals surface area contributed by atoms with E-state index in [2.05, 4.69) is 10.6 Å². The van der Waals surface area contributed by atoms with Gasteiger partial charge in [0.2, 0.25) is 5.91 Å². The second-order valence-electron chi connectivity index (χ2n) is 5.16. The number of benzene rings is 1. The quantitative estimate of drug-likeness (QED) is 0.815. The number of ketones is 1. The number of carbonyl (C=O) groups excluding carboxylic acids is 2. The summed E-state index contributed by atoms with van der Waals surface area (Å²) in [6.45, 7) is 1.70. The second kappa shape index (κ2) is 7.26. The summed E-state index contributed by atoms with van der Waals surface area (Å²) in [5.74, 6) is -2.61. The van der Waals surface area contributed by atoms with Crippen LogP contribution in [0.25, 0.3) is 0 Å². The van der Waals surface area contributed by atoms with Gasteiger partial charge in [-0.1, -0.05) is 0 Å². The van der Waals surface area contributed by atoms with Gasteiger partial charge in [-0.3, -0.25) is 9.59 Å². The Balaban J connectivity index is 1.80. The van der Waals surface area contributed by atoms with Crippen LogP contribution in [-0.2, 0) is 4.79 Å². The molecule has 0 aliphatic carbocycles. The summed E-state index contributed by atoms with van der Waals surface area (Å²) in [6, 6.07) is 3.10. The molecule has 1 aliphatic rings. The van der Waals surface area contributed by atoms with Gasteiger partial charge in [0.1, 0.15) is 0 Å². The molecule has 6 heteroatoms. The monoisotopic (exact) mass is 296 g/mol. The minimum atomic E-state index is -1.06. The molecule has 0 bridgehead atoms. The molecular formula is C15H18F2N2O2. The molecule has 0 spiro atoms. The first kappa shape index (κ1) is 15.6. The van der Waals surface area contributed by atoms with Gasteiger partial charge in [-0.15, -0.1) is 0 Å². The lowest BCUT2D eigenvalue weighted by atomic mass is 10.0. The van der Waals surface area contributed by atoms with Crippen molar-refractivity contribution in [1.82, 2.24) is 10.6 Å². The zero-order valence-electron chi connectivity index (χ0n) is 11.6. The third kappa shape index (κ3) is 4.60. The number of halogens is 2. The third-order valence-electron chi connectivity index (χ3n) is 3.48. The number of hydrogen-bond donors (Lipinski definition) is 2. The highest BCUT2D eigenvalue weighted by molar-refractivity contribution is 5.97. The van der Waals surface area contributed by atoms with Gasteiger partial charge >= 0.3 is 0 Å². The van der Waals surface area contributed by atoms with Gasteiger partial charge in [-0.2, -0.15) is 0 Å². The average Bonchev–Trinajstić information content (AvgIpc) is 2.48. The van der Waals surface area contributed by atoms with Crippen LogP contribution in [0.4, 0.5) is 8.78 Å². The van der Waals surface area contributed by atoms with Crippen molar-refractivity contribution in [2.45, 2.75) is 31.7 Å². The first-order valence-electron chi connectivity index (χ1n) is 7.04. The van der Waals surface area contributed by atoms with E-state index in [1.807, 2.05) is 0 Å². The fourth-order valence-corrected chi connectivity index (χ4v) is 2.32. The van der Waals surface area contributed by atoms with Crippen LogP contribution in [0.1, 0.15) is 36.0 Å². The molecule has 0 radical (unpaired) electrons. The molecule has 1 aromatic rings. The highest BCUT2D eigenvalue weighted by atomic mass is 19.2. The lowest BCUT2D eigenvalue weighted by Crippen LogP contribution is -2.45. The van der Waals surface area contributed by atoms with Gasteiger partial charge in [0.25, 0.3) is 0 Å². The fourth-order valence-electron chi connectivity index (χ4n) is 2.32. The molecule has 1 atom stereocenters. The normalized spacial score (nSPS) is 18.3. The summed E-state index contributed by atoms with van der Waals surface area (Å²) >= 11 is 0. The van der Waals surface area contributed by atoms with Crippen molar-refractivity contribution < 1.29 is 18.4 Å². The van der Waals surface area contributed by atoms with E-state index >= 15 is 0 Å². The third-order valence-corrected chi connectivity index (χ3v) is 3.48. The fraction of sp³-hybridized carbons (Fsp3) is 0.467. The number of piperidine rings is 1. The van der Waals surface area contributed by atoms with E-state index in [9.17, 15) is 18.4 Å². The first-order valence-corrected chi connectivity index (χ1v) is 7.04. The van der Waals surface area contributed by atoms with Crippen molar-refractivity contribution in [3.05, 3.63) is 35.4 Å². The number of amides is 1. The first-order chi connectivity index (χ1) is 10.1. The topological polar surface area (TPSA) is 58.2 Å². The van der Waals surface area contributed by atoms with Crippen LogP contribution in [0.5, 0.6) is 0 Å². The maximum atomic E-state index is 13.0. The summed E-state index contributed by atoms with van der Waals surface area (Å²) in [7, 11) is 0. The van der Waals surface area contributed by atoms with Crippen molar-refractivity contribution in [3.8, 4) is 0 Å². The van der Waals surface area contributed by atoms with Gasteiger partial charge in [-0.05, 0) is 37.6 Å². The van der Waals surface area contributed by atoms with E-state index in [1.54, 1.807) is 0 Å². The second-order valence-corrected chi connectivity index (χ2v) is 5.16. The van der Waals surface area contributed by atoms with Crippen LogP contribution in [-0.4, -0.2) is 30.8 Å². The lowest BCUT2D eigenvalue weighted by molar-refractivity contribution is -0.121. The van der Waals surface area contributed by atoms with E-state index < -0.39 is 11.6 Å². The van der Waals surface area contributed by atoms with Crippen LogP contribution in [0.15, 0.2) is 18.2 Å². The molecule has 0 aromatic heterocycles. The Hall–Kier alpha value is -1.82. The molecule has 114 valence electrons. The van der Waals surface area contributed by atoms with Crippen LogP contribution in [0.2, 0.25) is 0 Å². The Kier molecular flexibility index (Phi) is 5.38. The van der Waals surface area contributed by atoms with Crippen LogP contribution < -0.4 is 10.6 Å².